The van der Waals surface area contributed by atoms with E-state index in [0.717, 1.165) is 41.7 Å². The van der Waals surface area contributed by atoms with Gasteiger partial charge in [-0.2, -0.15) is 0 Å². The zero-order valence-corrected chi connectivity index (χ0v) is 22.4. The molecular weight excluding hydrogens is 521 g/mol. The van der Waals surface area contributed by atoms with Crippen LogP contribution in [0, 0.1) is 0 Å². The molecule has 1 aromatic heterocycles. The van der Waals surface area contributed by atoms with Gasteiger partial charge in [-0.1, -0.05) is 78.7 Å². The van der Waals surface area contributed by atoms with Gasteiger partial charge in [0.15, 0.2) is 6.10 Å². The van der Waals surface area contributed by atoms with Crippen molar-refractivity contribution in [3.8, 4) is 0 Å². The average Bonchev–Trinajstić information content (AvgIpc) is 2.92. The number of esters is 1. The maximum atomic E-state index is 13.7. The van der Waals surface area contributed by atoms with Gasteiger partial charge in [0.1, 0.15) is 0 Å². The Morgan fingerprint density at radius 3 is 2.55 bits per heavy atom. The minimum absolute atomic E-state index is 0.310. The largest absolute Gasteiger partial charge is 0.449 e. The summed E-state index contributed by atoms with van der Waals surface area (Å²) in [4.78, 5) is 33.9. The summed E-state index contributed by atoms with van der Waals surface area (Å²) in [5.74, 6) is -0.963. The van der Waals surface area contributed by atoms with Gasteiger partial charge in [-0.15, -0.1) is 0 Å². The molecule has 0 saturated heterocycles. The number of halogens is 2. The van der Waals surface area contributed by atoms with E-state index in [1.54, 1.807) is 25.1 Å². The van der Waals surface area contributed by atoms with Crippen LogP contribution in [0.1, 0.15) is 40.5 Å². The third-order valence-electron chi connectivity index (χ3n) is 6.68. The molecule has 1 N–H and O–H groups in total. The number of carbonyl (C=O) groups is 2. The van der Waals surface area contributed by atoms with Crippen LogP contribution in [-0.2, 0) is 29.0 Å². The molecule has 5 rings (SSSR count). The summed E-state index contributed by atoms with van der Waals surface area (Å²) in [6.45, 7) is 3.98. The van der Waals surface area contributed by atoms with E-state index in [2.05, 4.69) is 22.3 Å². The van der Waals surface area contributed by atoms with Gasteiger partial charge >= 0.3 is 5.97 Å². The van der Waals surface area contributed by atoms with Crippen molar-refractivity contribution < 1.29 is 14.3 Å². The molecule has 3 aromatic carbocycles. The summed E-state index contributed by atoms with van der Waals surface area (Å²) in [5, 5.41) is 4.20. The van der Waals surface area contributed by atoms with Crippen molar-refractivity contribution in [2.45, 2.75) is 39.0 Å². The number of pyridine rings is 1. The lowest BCUT2D eigenvalue weighted by Crippen LogP contribution is -2.34. The number of benzene rings is 3. The number of para-hydroxylation sites is 1. The first-order valence-electron chi connectivity index (χ1n) is 12.6. The number of anilines is 1. The number of fused-ring (bicyclic) bond motifs is 2. The van der Waals surface area contributed by atoms with E-state index < -0.39 is 18.0 Å². The highest BCUT2D eigenvalue weighted by Gasteiger charge is 2.29. The van der Waals surface area contributed by atoms with Gasteiger partial charge < -0.3 is 10.1 Å². The van der Waals surface area contributed by atoms with E-state index in [1.165, 1.54) is 5.56 Å². The Balaban J connectivity index is 1.42. The van der Waals surface area contributed by atoms with Crippen LogP contribution in [-0.4, -0.2) is 34.4 Å². The maximum Gasteiger partial charge on any atom is 0.340 e. The van der Waals surface area contributed by atoms with Crippen molar-refractivity contribution in [2.24, 2.45) is 0 Å². The molecule has 0 saturated carbocycles. The molecule has 1 atom stereocenters. The summed E-state index contributed by atoms with van der Waals surface area (Å²) in [5.41, 5.74) is 4.65. The quantitative estimate of drug-likeness (QED) is 0.261. The van der Waals surface area contributed by atoms with Gasteiger partial charge in [-0.05, 0) is 36.2 Å². The number of ether oxygens (including phenoxy) is 1. The number of nitrogens with zero attached hydrogens (tertiary/aromatic N) is 2. The molecule has 0 radical (unpaired) electrons. The molecule has 38 heavy (non-hydrogen) atoms. The standard InChI is InChI=1S/C30H27Cl2N3O3/c1-2-27(29(36)33-20-12-13-23(31)24(32)16-20)38-30(37)28-21-10-6-7-11-25(21)34-26-14-15-35(18-22(26)28)17-19-8-4-3-5-9-19/h3-13,16,27H,2,14-15,17-18H2,1H3,(H,33,36). The van der Waals surface area contributed by atoms with Crippen molar-refractivity contribution in [1.29, 1.82) is 0 Å². The molecule has 1 unspecified atom stereocenters. The van der Waals surface area contributed by atoms with Gasteiger partial charge in [0.2, 0.25) is 0 Å². The number of carbonyl (C=O) groups excluding carboxylic acids is 2. The summed E-state index contributed by atoms with van der Waals surface area (Å²) in [6, 6.07) is 22.6. The molecule has 2 heterocycles. The zero-order chi connectivity index (χ0) is 26.6. The topological polar surface area (TPSA) is 71.5 Å². The Kier molecular flexibility index (Phi) is 7.93. The lowest BCUT2D eigenvalue weighted by atomic mass is 9.95. The van der Waals surface area contributed by atoms with Crippen LogP contribution < -0.4 is 5.32 Å². The van der Waals surface area contributed by atoms with Crippen molar-refractivity contribution in [1.82, 2.24) is 9.88 Å². The van der Waals surface area contributed by atoms with E-state index >= 15 is 0 Å². The summed E-state index contributed by atoms with van der Waals surface area (Å²) < 4.78 is 5.85. The Labute approximate surface area is 231 Å². The van der Waals surface area contributed by atoms with Crippen molar-refractivity contribution >= 4 is 51.7 Å². The first kappa shape index (κ1) is 26.2. The van der Waals surface area contributed by atoms with Crippen molar-refractivity contribution in [2.75, 3.05) is 11.9 Å². The SMILES string of the molecule is CCC(OC(=O)c1c2c(nc3ccccc13)CCN(Cc1ccccc1)C2)C(=O)Nc1ccc(Cl)c(Cl)c1. The zero-order valence-electron chi connectivity index (χ0n) is 20.9. The van der Waals surface area contributed by atoms with Crippen LogP contribution in [0.15, 0.2) is 72.8 Å². The summed E-state index contributed by atoms with van der Waals surface area (Å²) >= 11 is 12.1. The fraction of sp³-hybridized carbons (Fsp3) is 0.233. The molecular formula is C30H27Cl2N3O3. The van der Waals surface area contributed by atoms with E-state index in [0.29, 0.717) is 34.3 Å². The molecule has 1 amide bonds. The van der Waals surface area contributed by atoms with E-state index in [4.69, 9.17) is 32.9 Å². The van der Waals surface area contributed by atoms with Crippen LogP contribution in [0.4, 0.5) is 5.69 Å². The number of hydrogen-bond donors (Lipinski definition) is 1. The molecule has 1 aliphatic rings. The highest BCUT2D eigenvalue weighted by atomic mass is 35.5. The summed E-state index contributed by atoms with van der Waals surface area (Å²) in [7, 11) is 0. The van der Waals surface area contributed by atoms with E-state index in [1.807, 2.05) is 42.5 Å². The molecule has 4 aromatic rings. The summed E-state index contributed by atoms with van der Waals surface area (Å²) in [6.07, 6.45) is 0.0514. The van der Waals surface area contributed by atoms with Gasteiger partial charge in [-0.25, -0.2) is 4.79 Å². The van der Waals surface area contributed by atoms with Crippen molar-refractivity contribution in [3.05, 3.63) is 105 Å². The van der Waals surface area contributed by atoms with Gasteiger partial charge in [0, 0.05) is 48.4 Å². The third kappa shape index (κ3) is 5.68. The van der Waals surface area contributed by atoms with Crippen LogP contribution >= 0.6 is 23.2 Å². The number of nitrogens with one attached hydrogen (secondary N) is 1. The average molecular weight is 548 g/mol. The van der Waals surface area contributed by atoms with Crippen molar-refractivity contribution in [3.63, 3.8) is 0 Å². The van der Waals surface area contributed by atoms with Crippen LogP contribution in [0.2, 0.25) is 10.0 Å². The third-order valence-corrected chi connectivity index (χ3v) is 7.42. The van der Waals surface area contributed by atoms with Gasteiger partial charge in [0.05, 0.1) is 21.1 Å². The molecule has 0 aliphatic carbocycles. The highest BCUT2D eigenvalue weighted by molar-refractivity contribution is 6.42. The molecule has 6 nitrogen and oxygen atoms in total. The molecule has 1 aliphatic heterocycles. The monoisotopic (exact) mass is 547 g/mol. The minimum Gasteiger partial charge on any atom is -0.449 e. The predicted octanol–water partition coefficient (Wildman–Crippen LogP) is 6.67. The molecule has 0 fully saturated rings. The second kappa shape index (κ2) is 11.5. The fourth-order valence-electron chi connectivity index (χ4n) is 4.76. The van der Waals surface area contributed by atoms with Crippen LogP contribution in [0.5, 0.6) is 0 Å². The minimum atomic E-state index is -0.983. The first-order valence-corrected chi connectivity index (χ1v) is 13.3. The first-order chi connectivity index (χ1) is 18.4. The molecule has 0 bridgehead atoms. The Morgan fingerprint density at radius 2 is 1.79 bits per heavy atom. The second-order valence-electron chi connectivity index (χ2n) is 9.30. The lowest BCUT2D eigenvalue weighted by Gasteiger charge is -2.30. The molecule has 194 valence electrons. The van der Waals surface area contributed by atoms with Crippen LogP contribution in [0.25, 0.3) is 10.9 Å². The Bertz CT molecular complexity index is 1490. The normalized spacial score (nSPS) is 14.1. The highest BCUT2D eigenvalue weighted by Crippen LogP contribution is 2.30. The van der Waals surface area contributed by atoms with E-state index in [9.17, 15) is 9.59 Å². The fourth-order valence-corrected chi connectivity index (χ4v) is 5.06. The second-order valence-corrected chi connectivity index (χ2v) is 10.1. The number of aromatic nitrogens is 1. The lowest BCUT2D eigenvalue weighted by molar-refractivity contribution is -0.124. The molecule has 0 spiro atoms. The number of amides is 1. The Morgan fingerprint density at radius 1 is 1.03 bits per heavy atom. The van der Waals surface area contributed by atoms with Crippen LogP contribution in [0.3, 0.4) is 0 Å². The van der Waals surface area contributed by atoms with E-state index in [-0.39, 0.29) is 0 Å². The van der Waals surface area contributed by atoms with Gasteiger partial charge in [-0.3, -0.25) is 14.7 Å². The predicted molar refractivity (Wildman–Crippen MR) is 151 cm³/mol. The molecule has 8 heteroatoms. The van der Waals surface area contributed by atoms with Gasteiger partial charge in [0.25, 0.3) is 5.91 Å². The number of hydrogen-bond acceptors (Lipinski definition) is 5. The smallest absolute Gasteiger partial charge is 0.340 e. The number of rotatable bonds is 7. The Hall–Kier alpha value is -3.45. The maximum absolute atomic E-state index is 13.7.